The molecule has 0 aliphatic carbocycles. The van der Waals surface area contributed by atoms with E-state index in [9.17, 15) is 4.79 Å². The highest BCUT2D eigenvalue weighted by molar-refractivity contribution is 6.31. The minimum absolute atomic E-state index is 0.0543. The Bertz CT molecular complexity index is 874. The van der Waals surface area contributed by atoms with E-state index >= 15 is 0 Å². The van der Waals surface area contributed by atoms with Crippen LogP contribution in [-0.2, 0) is 6.54 Å². The lowest BCUT2D eigenvalue weighted by molar-refractivity contribution is 0.0773. The molecule has 6 heteroatoms. The Balaban J connectivity index is 2.08. The number of carbonyl (C=O) groups is 1. The zero-order valence-electron chi connectivity index (χ0n) is 14.3. The van der Waals surface area contributed by atoms with Gasteiger partial charge in [-0.3, -0.25) is 9.78 Å². The molecular formula is C19H20ClN3O2. The molecule has 2 aromatic heterocycles. The van der Waals surface area contributed by atoms with Gasteiger partial charge < -0.3 is 14.6 Å². The molecule has 0 bridgehead atoms. The van der Waals surface area contributed by atoms with Gasteiger partial charge in [-0.15, -0.1) is 0 Å². The first-order chi connectivity index (χ1) is 12.1. The average molecular weight is 358 g/mol. The van der Waals surface area contributed by atoms with Crippen molar-refractivity contribution >= 4 is 34.1 Å². The van der Waals surface area contributed by atoms with Gasteiger partial charge in [0, 0.05) is 29.7 Å². The first kappa shape index (κ1) is 17.3. The number of benzene rings is 1. The van der Waals surface area contributed by atoms with Crippen molar-refractivity contribution in [2.45, 2.75) is 20.4 Å². The summed E-state index contributed by atoms with van der Waals surface area (Å²) in [6.45, 7) is 5.67. The second-order valence-electron chi connectivity index (χ2n) is 5.62. The number of rotatable bonds is 6. The van der Waals surface area contributed by atoms with Crippen molar-refractivity contribution in [2.24, 2.45) is 0 Å². The van der Waals surface area contributed by atoms with Crippen LogP contribution in [-0.4, -0.2) is 28.9 Å². The third-order valence-electron chi connectivity index (χ3n) is 4.13. The number of carbonyl (C=O) groups excluding carboxylic acids is 1. The van der Waals surface area contributed by atoms with Crippen LogP contribution >= 0.6 is 11.6 Å². The Labute approximate surface area is 151 Å². The summed E-state index contributed by atoms with van der Waals surface area (Å²) in [7, 11) is 0. The van der Waals surface area contributed by atoms with Crippen LogP contribution in [0.3, 0.4) is 0 Å². The van der Waals surface area contributed by atoms with Gasteiger partial charge in [-0.2, -0.15) is 0 Å². The predicted octanol–water partition coefficient (Wildman–Crippen LogP) is 4.58. The number of amides is 1. The first-order valence-electron chi connectivity index (χ1n) is 8.27. The van der Waals surface area contributed by atoms with Crippen molar-refractivity contribution < 1.29 is 9.21 Å². The van der Waals surface area contributed by atoms with Gasteiger partial charge in [0.15, 0.2) is 0 Å². The van der Waals surface area contributed by atoms with E-state index in [1.54, 1.807) is 23.4 Å². The second-order valence-corrected chi connectivity index (χ2v) is 6.06. The lowest BCUT2D eigenvalue weighted by atomic mass is 10.1. The maximum Gasteiger partial charge on any atom is 0.257 e. The van der Waals surface area contributed by atoms with Crippen molar-refractivity contribution in [1.29, 1.82) is 0 Å². The number of pyridine rings is 1. The molecule has 0 unspecified atom stereocenters. The smallest absolute Gasteiger partial charge is 0.257 e. The molecule has 130 valence electrons. The zero-order chi connectivity index (χ0) is 17.8. The summed E-state index contributed by atoms with van der Waals surface area (Å²) >= 11 is 6.17. The molecular weight excluding hydrogens is 338 g/mol. The molecule has 25 heavy (non-hydrogen) atoms. The highest BCUT2D eigenvalue weighted by atomic mass is 35.5. The van der Waals surface area contributed by atoms with Crippen molar-refractivity contribution in [3.8, 4) is 0 Å². The Morgan fingerprint density at radius 3 is 2.76 bits per heavy atom. The second kappa shape index (κ2) is 7.57. The van der Waals surface area contributed by atoms with Crippen LogP contribution in [0, 0.1) is 0 Å². The van der Waals surface area contributed by atoms with Crippen LogP contribution in [0.1, 0.15) is 30.0 Å². The molecule has 0 atom stereocenters. The fourth-order valence-corrected chi connectivity index (χ4v) is 2.96. The summed E-state index contributed by atoms with van der Waals surface area (Å²) in [5, 5.41) is 4.75. The highest BCUT2D eigenvalue weighted by Crippen LogP contribution is 2.30. The molecule has 3 rings (SSSR count). The molecule has 0 fully saturated rings. The third-order valence-corrected chi connectivity index (χ3v) is 4.37. The van der Waals surface area contributed by atoms with Gasteiger partial charge in [-0.25, -0.2) is 0 Å². The van der Waals surface area contributed by atoms with E-state index in [-0.39, 0.29) is 5.91 Å². The normalized spacial score (nSPS) is 10.8. The molecule has 0 saturated carbocycles. The van der Waals surface area contributed by atoms with E-state index in [0.29, 0.717) is 30.2 Å². The van der Waals surface area contributed by atoms with Gasteiger partial charge in [0.2, 0.25) is 0 Å². The molecule has 0 spiro atoms. The maximum absolute atomic E-state index is 12.9. The zero-order valence-corrected chi connectivity index (χ0v) is 15.0. The number of nitrogens with zero attached hydrogens (tertiary/aromatic N) is 2. The number of furan rings is 1. The van der Waals surface area contributed by atoms with Crippen LogP contribution in [0.25, 0.3) is 10.9 Å². The SMILES string of the molecule is CCN(CC)C(=O)c1cnc2ccc(Cl)cc2c1NCc1ccco1. The van der Waals surface area contributed by atoms with E-state index < -0.39 is 0 Å². The summed E-state index contributed by atoms with van der Waals surface area (Å²) in [5.74, 6) is 0.731. The lowest BCUT2D eigenvalue weighted by Gasteiger charge is -2.21. The molecule has 1 aromatic carbocycles. The van der Waals surface area contributed by atoms with Gasteiger partial charge in [-0.05, 0) is 44.2 Å². The molecule has 0 aliphatic rings. The number of nitrogens with one attached hydrogen (secondary N) is 1. The molecule has 1 N–H and O–H groups in total. The van der Waals surface area contributed by atoms with Crippen LogP contribution in [0.5, 0.6) is 0 Å². The van der Waals surface area contributed by atoms with Gasteiger partial charge in [0.25, 0.3) is 5.91 Å². The molecule has 0 radical (unpaired) electrons. The van der Waals surface area contributed by atoms with Crippen molar-refractivity contribution in [3.63, 3.8) is 0 Å². The Morgan fingerprint density at radius 1 is 1.28 bits per heavy atom. The fourth-order valence-electron chi connectivity index (χ4n) is 2.79. The maximum atomic E-state index is 12.9. The number of fused-ring (bicyclic) bond motifs is 1. The van der Waals surface area contributed by atoms with Crippen LogP contribution in [0.15, 0.2) is 47.2 Å². The van der Waals surface area contributed by atoms with E-state index in [4.69, 9.17) is 16.0 Å². The number of hydrogen-bond donors (Lipinski definition) is 1. The minimum Gasteiger partial charge on any atom is -0.467 e. The number of anilines is 1. The minimum atomic E-state index is -0.0543. The lowest BCUT2D eigenvalue weighted by Crippen LogP contribution is -2.31. The predicted molar refractivity (Wildman–Crippen MR) is 100 cm³/mol. The van der Waals surface area contributed by atoms with E-state index in [2.05, 4.69) is 10.3 Å². The average Bonchev–Trinajstić information content (AvgIpc) is 3.14. The van der Waals surface area contributed by atoms with E-state index in [1.807, 2.05) is 38.1 Å². The molecule has 0 aliphatic heterocycles. The molecule has 3 aromatic rings. The first-order valence-corrected chi connectivity index (χ1v) is 8.65. The Hall–Kier alpha value is -2.53. The van der Waals surface area contributed by atoms with Crippen LogP contribution in [0.2, 0.25) is 5.02 Å². The van der Waals surface area contributed by atoms with Gasteiger partial charge >= 0.3 is 0 Å². The molecule has 0 saturated heterocycles. The fraction of sp³-hybridized carbons (Fsp3) is 0.263. The Kier molecular flexibility index (Phi) is 5.24. The summed E-state index contributed by atoms with van der Waals surface area (Å²) in [6, 6.07) is 9.18. The summed E-state index contributed by atoms with van der Waals surface area (Å²) < 4.78 is 5.38. The van der Waals surface area contributed by atoms with Crippen molar-refractivity contribution in [3.05, 3.63) is 59.1 Å². The summed E-state index contributed by atoms with van der Waals surface area (Å²) in [5.41, 5.74) is 2.04. The van der Waals surface area contributed by atoms with Gasteiger partial charge in [0.1, 0.15) is 5.76 Å². The van der Waals surface area contributed by atoms with Gasteiger partial charge in [-0.1, -0.05) is 11.6 Å². The third kappa shape index (κ3) is 3.61. The topological polar surface area (TPSA) is 58.4 Å². The monoisotopic (exact) mass is 357 g/mol. The standard InChI is InChI=1S/C19H20ClN3O2/c1-3-23(4-2)19(24)16-12-21-17-8-7-13(20)10-15(17)18(16)22-11-14-6-5-9-25-14/h5-10,12H,3-4,11H2,1-2H3,(H,21,22). The van der Waals surface area contributed by atoms with Crippen molar-refractivity contribution in [1.82, 2.24) is 9.88 Å². The van der Waals surface area contributed by atoms with Crippen LogP contribution < -0.4 is 5.32 Å². The highest BCUT2D eigenvalue weighted by Gasteiger charge is 2.19. The quantitative estimate of drug-likeness (QED) is 0.701. The molecule has 2 heterocycles. The van der Waals surface area contributed by atoms with E-state index in [1.165, 1.54) is 0 Å². The van der Waals surface area contributed by atoms with Crippen molar-refractivity contribution in [2.75, 3.05) is 18.4 Å². The van der Waals surface area contributed by atoms with Gasteiger partial charge in [0.05, 0.1) is 29.6 Å². The number of halogens is 1. The number of hydrogen-bond acceptors (Lipinski definition) is 4. The number of aromatic nitrogens is 1. The van der Waals surface area contributed by atoms with Crippen LogP contribution in [0.4, 0.5) is 5.69 Å². The Morgan fingerprint density at radius 2 is 2.08 bits per heavy atom. The molecule has 5 nitrogen and oxygen atoms in total. The van der Waals surface area contributed by atoms with E-state index in [0.717, 1.165) is 22.4 Å². The molecule has 1 amide bonds. The largest absolute Gasteiger partial charge is 0.467 e. The summed E-state index contributed by atoms with van der Waals surface area (Å²) in [4.78, 5) is 19.1. The summed E-state index contributed by atoms with van der Waals surface area (Å²) in [6.07, 6.45) is 3.25.